The van der Waals surface area contributed by atoms with Gasteiger partial charge in [0.15, 0.2) is 4.96 Å². The summed E-state index contributed by atoms with van der Waals surface area (Å²) in [7, 11) is 0. The maximum atomic E-state index is 4.65. The standard InChI is InChI=1S/C14H21N3S2/c1-9-8-19-14-16-10(2)13(17(9)14)7-15-11-4-5-12(6-11)18-3/h8,11-12,15H,4-7H2,1-3H3. The molecule has 3 rings (SSSR count). The lowest BCUT2D eigenvalue weighted by atomic mass is 10.2. The lowest BCUT2D eigenvalue weighted by molar-refractivity contribution is 0.517. The average Bonchev–Trinajstić information content (AvgIpc) is 3.06. The van der Waals surface area contributed by atoms with E-state index in [0.29, 0.717) is 6.04 Å². The molecule has 2 aromatic rings. The van der Waals surface area contributed by atoms with Crippen molar-refractivity contribution in [3.8, 4) is 0 Å². The van der Waals surface area contributed by atoms with Gasteiger partial charge in [-0.3, -0.25) is 4.40 Å². The number of rotatable bonds is 4. The van der Waals surface area contributed by atoms with Gasteiger partial charge in [-0.2, -0.15) is 11.8 Å². The lowest BCUT2D eigenvalue weighted by Crippen LogP contribution is -2.27. The van der Waals surface area contributed by atoms with Crippen LogP contribution in [0.2, 0.25) is 0 Å². The molecule has 0 bridgehead atoms. The fourth-order valence-electron chi connectivity index (χ4n) is 2.96. The van der Waals surface area contributed by atoms with E-state index in [-0.39, 0.29) is 0 Å². The summed E-state index contributed by atoms with van der Waals surface area (Å²) in [5, 5.41) is 6.77. The number of fused-ring (bicyclic) bond motifs is 1. The van der Waals surface area contributed by atoms with E-state index in [9.17, 15) is 0 Å². The normalized spacial score (nSPS) is 23.5. The van der Waals surface area contributed by atoms with Crippen molar-refractivity contribution in [1.82, 2.24) is 14.7 Å². The minimum atomic E-state index is 0.682. The van der Waals surface area contributed by atoms with Crippen LogP contribution in [0.15, 0.2) is 5.38 Å². The van der Waals surface area contributed by atoms with Crippen molar-refractivity contribution in [2.45, 2.75) is 50.9 Å². The molecule has 1 fully saturated rings. The molecule has 1 saturated carbocycles. The van der Waals surface area contributed by atoms with Crippen molar-refractivity contribution in [3.05, 3.63) is 22.5 Å². The number of nitrogens with zero attached hydrogens (tertiary/aromatic N) is 2. The Morgan fingerprint density at radius 2 is 2.32 bits per heavy atom. The Kier molecular flexibility index (Phi) is 3.87. The molecule has 5 heteroatoms. The van der Waals surface area contributed by atoms with Crippen molar-refractivity contribution in [1.29, 1.82) is 0 Å². The van der Waals surface area contributed by atoms with Gasteiger partial charge in [-0.1, -0.05) is 0 Å². The van der Waals surface area contributed by atoms with Crippen LogP contribution in [-0.2, 0) is 6.54 Å². The summed E-state index contributed by atoms with van der Waals surface area (Å²) in [5.41, 5.74) is 3.80. The number of hydrogen-bond donors (Lipinski definition) is 1. The first-order valence-electron chi connectivity index (χ1n) is 6.87. The second-order valence-corrected chi connectivity index (χ2v) is 7.36. The largest absolute Gasteiger partial charge is 0.308 e. The zero-order valence-corrected chi connectivity index (χ0v) is 13.4. The molecule has 1 aliphatic carbocycles. The highest BCUT2D eigenvalue weighted by molar-refractivity contribution is 7.99. The third-order valence-electron chi connectivity index (χ3n) is 4.11. The van der Waals surface area contributed by atoms with Gasteiger partial charge in [0.25, 0.3) is 0 Å². The Hall–Kier alpha value is -0.520. The minimum absolute atomic E-state index is 0.682. The number of aromatic nitrogens is 2. The van der Waals surface area contributed by atoms with Crippen LogP contribution in [-0.4, -0.2) is 26.9 Å². The summed E-state index contributed by atoms with van der Waals surface area (Å²) < 4.78 is 2.30. The Bertz CT molecular complexity index is 573. The van der Waals surface area contributed by atoms with E-state index in [0.717, 1.165) is 16.8 Å². The van der Waals surface area contributed by atoms with Crippen LogP contribution >= 0.6 is 23.1 Å². The number of nitrogens with one attached hydrogen (secondary N) is 1. The number of imidazole rings is 1. The molecule has 0 radical (unpaired) electrons. The third kappa shape index (κ3) is 2.56. The molecule has 2 unspecified atom stereocenters. The molecule has 0 saturated heterocycles. The van der Waals surface area contributed by atoms with E-state index < -0.39 is 0 Å². The highest BCUT2D eigenvalue weighted by Crippen LogP contribution is 2.28. The molecule has 3 nitrogen and oxygen atoms in total. The monoisotopic (exact) mass is 295 g/mol. The molecule has 2 aromatic heterocycles. The minimum Gasteiger partial charge on any atom is -0.308 e. The molecule has 0 aliphatic heterocycles. The zero-order valence-electron chi connectivity index (χ0n) is 11.8. The van der Waals surface area contributed by atoms with Crippen molar-refractivity contribution in [3.63, 3.8) is 0 Å². The molecule has 19 heavy (non-hydrogen) atoms. The van der Waals surface area contributed by atoms with Crippen molar-refractivity contribution < 1.29 is 0 Å². The van der Waals surface area contributed by atoms with Gasteiger partial charge in [-0.05, 0) is 39.4 Å². The van der Waals surface area contributed by atoms with Gasteiger partial charge < -0.3 is 5.32 Å². The van der Waals surface area contributed by atoms with Crippen LogP contribution in [0.25, 0.3) is 4.96 Å². The number of thiazole rings is 1. The summed E-state index contributed by atoms with van der Waals surface area (Å²) in [4.78, 5) is 5.77. The third-order valence-corrected chi connectivity index (χ3v) is 6.14. The molecule has 104 valence electrons. The van der Waals surface area contributed by atoms with E-state index in [2.05, 4.69) is 40.2 Å². The summed E-state index contributed by atoms with van der Waals surface area (Å²) in [6.07, 6.45) is 6.21. The van der Waals surface area contributed by atoms with Crippen LogP contribution in [0.4, 0.5) is 0 Å². The van der Waals surface area contributed by atoms with Crippen molar-refractivity contribution in [2.24, 2.45) is 0 Å². The van der Waals surface area contributed by atoms with Crippen LogP contribution in [0, 0.1) is 13.8 Å². The second-order valence-electron chi connectivity index (χ2n) is 5.39. The molecule has 1 N–H and O–H groups in total. The summed E-state index contributed by atoms with van der Waals surface area (Å²) in [5.74, 6) is 0. The maximum absolute atomic E-state index is 4.65. The average molecular weight is 295 g/mol. The van der Waals surface area contributed by atoms with E-state index in [1.165, 1.54) is 36.3 Å². The Balaban J connectivity index is 1.71. The predicted molar refractivity (Wildman–Crippen MR) is 84.3 cm³/mol. The SMILES string of the molecule is CSC1CCC(NCc2c(C)nc3scc(C)n23)C1. The maximum Gasteiger partial charge on any atom is 0.194 e. The van der Waals surface area contributed by atoms with Crippen molar-refractivity contribution >= 4 is 28.1 Å². The highest BCUT2D eigenvalue weighted by Gasteiger charge is 2.24. The molecule has 2 atom stereocenters. The second kappa shape index (κ2) is 5.46. The predicted octanol–water partition coefficient (Wildman–Crippen LogP) is 3.39. The highest BCUT2D eigenvalue weighted by atomic mass is 32.2. The lowest BCUT2D eigenvalue weighted by Gasteiger charge is -2.13. The smallest absolute Gasteiger partial charge is 0.194 e. The van der Waals surface area contributed by atoms with Crippen LogP contribution in [0.3, 0.4) is 0 Å². The summed E-state index contributed by atoms with van der Waals surface area (Å²) in [6.45, 7) is 5.22. The van der Waals surface area contributed by atoms with Crippen LogP contribution in [0.1, 0.15) is 36.3 Å². The first kappa shape index (κ1) is 13.5. The van der Waals surface area contributed by atoms with Crippen molar-refractivity contribution in [2.75, 3.05) is 6.26 Å². The van der Waals surface area contributed by atoms with Crippen LogP contribution in [0.5, 0.6) is 0 Å². The molecule has 0 aromatic carbocycles. The van der Waals surface area contributed by atoms with E-state index >= 15 is 0 Å². The summed E-state index contributed by atoms with van der Waals surface area (Å²) in [6, 6.07) is 0.682. The molecular weight excluding hydrogens is 274 g/mol. The fraction of sp³-hybridized carbons (Fsp3) is 0.643. The van der Waals surface area contributed by atoms with Gasteiger partial charge in [0.05, 0.1) is 11.4 Å². The van der Waals surface area contributed by atoms with Gasteiger partial charge in [-0.15, -0.1) is 11.3 Å². The fourth-order valence-corrected chi connectivity index (χ4v) is 4.68. The van der Waals surface area contributed by atoms with E-state index in [4.69, 9.17) is 0 Å². The van der Waals surface area contributed by atoms with Gasteiger partial charge in [0.2, 0.25) is 0 Å². The zero-order chi connectivity index (χ0) is 13.4. The summed E-state index contributed by atoms with van der Waals surface area (Å²) >= 11 is 3.74. The first-order chi connectivity index (χ1) is 9.19. The topological polar surface area (TPSA) is 29.3 Å². The quantitative estimate of drug-likeness (QED) is 0.937. The van der Waals surface area contributed by atoms with E-state index in [1.807, 2.05) is 11.8 Å². The number of hydrogen-bond acceptors (Lipinski definition) is 4. The molecule has 0 spiro atoms. The van der Waals surface area contributed by atoms with Gasteiger partial charge in [0, 0.05) is 28.9 Å². The van der Waals surface area contributed by atoms with E-state index in [1.54, 1.807) is 11.3 Å². The van der Waals surface area contributed by atoms with Crippen LogP contribution < -0.4 is 5.32 Å². The number of thioether (sulfide) groups is 1. The first-order valence-corrected chi connectivity index (χ1v) is 9.04. The molecular formula is C14H21N3S2. The Labute approximate surface area is 122 Å². The molecule has 2 heterocycles. The number of aryl methyl sites for hydroxylation is 2. The molecule has 1 aliphatic rings. The van der Waals surface area contributed by atoms with Gasteiger partial charge in [0.1, 0.15) is 0 Å². The molecule has 0 amide bonds. The Morgan fingerprint density at radius 3 is 3.05 bits per heavy atom. The van der Waals surface area contributed by atoms with Gasteiger partial charge >= 0.3 is 0 Å². The Morgan fingerprint density at radius 1 is 1.47 bits per heavy atom. The van der Waals surface area contributed by atoms with Gasteiger partial charge in [-0.25, -0.2) is 4.98 Å².